The van der Waals surface area contributed by atoms with Crippen LogP contribution in [0.25, 0.3) is 0 Å². The molecule has 7 N–H and O–H groups in total. The van der Waals surface area contributed by atoms with Gasteiger partial charge in [0.25, 0.3) is 11.8 Å². The van der Waals surface area contributed by atoms with Crippen LogP contribution in [0.1, 0.15) is 41.4 Å². The van der Waals surface area contributed by atoms with E-state index in [-0.39, 0.29) is 7.43 Å². The van der Waals surface area contributed by atoms with Gasteiger partial charge in [0.1, 0.15) is 6.04 Å². The molecule has 2 aromatic carbocycles. The minimum absolute atomic E-state index is 0. The summed E-state index contributed by atoms with van der Waals surface area (Å²) >= 11 is 0. The Morgan fingerprint density at radius 3 is 2.06 bits per heavy atom. The molecule has 0 fully saturated rings. The highest BCUT2D eigenvalue weighted by molar-refractivity contribution is 5.97. The Labute approximate surface area is 182 Å². The third-order valence-corrected chi connectivity index (χ3v) is 4.26. The van der Waals surface area contributed by atoms with Crippen LogP contribution in [0.3, 0.4) is 0 Å². The monoisotopic (exact) mass is 426 g/mol. The van der Waals surface area contributed by atoms with Gasteiger partial charge in [0.2, 0.25) is 0 Å². The number of hydroxylamine groups is 1. The lowest BCUT2D eigenvalue weighted by molar-refractivity contribution is -0.133. The zero-order valence-electron chi connectivity index (χ0n) is 16.7. The zero-order valence-corrected chi connectivity index (χ0v) is 16.7. The van der Waals surface area contributed by atoms with Crippen molar-refractivity contribution in [3.05, 3.63) is 70.8 Å². The van der Waals surface area contributed by atoms with Gasteiger partial charge in [-0.1, -0.05) is 31.4 Å². The van der Waals surface area contributed by atoms with E-state index >= 15 is 0 Å². The fourth-order valence-electron chi connectivity index (χ4n) is 2.59. The van der Waals surface area contributed by atoms with Crippen LogP contribution in [0.15, 0.2) is 48.5 Å². The van der Waals surface area contributed by atoms with Crippen LogP contribution < -0.4 is 21.8 Å². The summed E-state index contributed by atoms with van der Waals surface area (Å²) in [6, 6.07) is 13.1. The normalized spacial score (nSPS) is 11.9. The number of amides is 2. The highest BCUT2D eigenvalue weighted by atomic mass is 16.5. The van der Waals surface area contributed by atoms with Gasteiger partial charge in [-0.3, -0.25) is 14.8 Å². The van der Waals surface area contributed by atoms with E-state index in [2.05, 4.69) is 22.5 Å². The second-order valence-electron chi connectivity index (χ2n) is 6.66. The SMILES string of the molecule is C.C[C@@H](O)[C@H](NC(=O)c1ccc(C#Cc2ccc(CNCCN)cc2)cc1)C(=O)NO. The van der Waals surface area contributed by atoms with E-state index in [1.165, 1.54) is 12.4 Å². The second kappa shape index (κ2) is 13.2. The number of carbonyl (C=O) groups is 2. The van der Waals surface area contributed by atoms with Gasteiger partial charge in [0.15, 0.2) is 0 Å². The fraction of sp³-hybridized carbons (Fsp3) is 0.304. The fourth-order valence-corrected chi connectivity index (χ4v) is 2.59. The Balaban J connectivity index is 0.00000480. The molecule has 0 spiro atoms. The van der Waals surface area contributed by atoms with Crippen molar-refractivity contribution >= 4 is 11.8 Å². The molecule has 2 amide bonds. The first-order chi connectivity index (χ1) is 14.4. The highest BCUT2D eigenvalue weighted by Crippen LogP contribution is 2.07. The summed E-state index contributed by atoms with van der Waals surface area (Å²) < 4.78 is 0. The summed E-state index contributed by atoms with van der Waals surface area (Å²) in [7, 11) is 0. The predicted molar refractivity (Wildman–Crippen MR) is 119 cm³/mol. The molecule has 0 unspecified atom stereocenters. The molecule has 166 valence electrons. The van der Waals surface area contributed by atoms with Crippen molar-refractivity contribution in [3.63, 3.8) is 0 Å². The van der Waals surface area contributed by atoms with Gasteiger partial charge in [0.05, 0.1) is 6.10 Å². The first-order valence-corrected chi connectivity index (χ1v) is 9.49. The molecule has 0 aliphatic heterocycles. The van der Waals surface area contributed by atoms with Crippen LogP contribution in [-0.2, 0) is 11.3 Å². The van der Waals surface area contributed by atoms with Crippen molar-refractivity contribution in [3.8, 4) is 11.8 Å². The number of nitrogens with two attached hydrogens (primary N) is 1. The molecular formula is C23H30N4O4. The molecule has 0 saturated carbocycles. The molecule has 0 aromatic heterocycles. The zero-order chi connectivity index (χ0) is 21.9. The Morgan fingerprint density at radius 2 is 1.58 bits per heavy atom. The largest absolute Gasteiger partial charge is 0.391 e. The van der Waals surface area contributed by atoms with E-state index in [9.17, 15) is 14.7 Å². The molecule has 2 atom stereocenters. The molecule has 8 nitrogen and oxygen atoms in total. The van der Waals surface area contributed by atoms with Gasteiger partial charge in [-0.15, -0.1) is 0 Å². The maximum absolute atomic E-state index is 12.3. The maximum Gasteiger partial charge on any atom is 0.268 e. The van der Waals surface area contributed by atoms with Crippen LogP contribution in [0, 0.1) is 11.8 Å². The number of carbonyl (C=O) groups excluding carboxylic acids is 2. The lowest BCUT2D eigenvalue weighted by atomic mass is 10.1. The highest BCUT2D eigenvalue weighted by Gasteiger charge is 2.25. The number of aliphatic hydroxyl groups is 1. The average molecular weight is 427 g/mol. The molecule has 0 radical (unpaired) electrons. The van der Waals surface area contributed by atoms with Gasteiger partial charge < -0.3 is 21.5 Å². The summed E-state index contributed by atoms with van der Waals surface area (Å²) in [5, 5.41) is 23.9. The third kappa shape index (κ3) is 8.20. The first-order valence-electron chi connectivity index (χ1n) is 9.49. The minimum Gasteiger partial charge on any atom is -0.391 e. The number of benzene rings is 2. The van der Waals surface area contributed by atoms with Gasteiger partial charge in [-0.05, 0) is 48.9 Å². The smallest absolute Gasteiger partial charge is 0.268 e. The van der Waals surface area contributed by atoms with E-state index in [0.29, 0.717) is 12.1 Å². The van der Waals surface area contributed by atoms with E-state index in [1.807, 2.05) is 24.3 Å². The predicted octanol–water partition coefficient (Wildman–Crippen LogP) is 0.755. The molecule has 31 heavy (non-hydrogen) atoms. The van der Waals surface area contributed by atoms with Crippen molar-refractivity contribution in [1.82, 2.24) is 16.1 Å². The van der Waals surface area contributed by atoms with Gasteiger partial charge in [0, 0.05) is 36.3 Å². The standard InChI is InChI=1S/C22H26N4O4.CH4/c1-15(27)20(22(29)26-30)25-21(28)19-10-8-17(9-11-19)3-2-16-4-6-18(7-5-16)14-24-13-12-23;/h4-11,15,20,24,27,30H,12-14,23H2,1H3,(H,25,28)(H,26,29);1H4/t15-,20+;/m1./s1. The lowest BCUT2D eigenvalue weighted by Gasteiger charge is -2.19. The lowest BCUT2D eigenvalue weighted by Crippen LogP contribution is -2.51. The molecule has 2 rings (SSSR count). The van der Waals surface area contributed by atoms with Crippen LogP contribution in [0.2, 0.25) is 0 Å². The number of nitrogens with one attached hydrogen (secondary N) is 3. The van der Waals surface area contributed by atoms with Crippen molar-refractivity contribution in [2.24, 2.45) is 5.73 Å². The van der Waals surface area contributed by atoms with Crippen LogP contribution in [-0.4, -0.2) is 47.4 Å². The number of rotatable bonds is 8. The third-order valence-electron chi connectivity index (χ3n) is 4.26. The molecule has 0 heterocycles. The Morgan fingerprint density at radius 1 is 1.03 bits per heavy atom. The summed E-state index contributed by atoms with van der Waals surface area (Å²) in [4.78, 5) is 23.8. The molecule has 0 aliphatic carbocycles. The van der Waals surface area contributed by atoms with E-state index in [4.69, 9.17) is 10.9 Å². The average Bonchev–Trinajstić information content (AvgIpc) is 2.76. The van der Waals surface area contributed by atoms with Crippen LogP contribution >= 0.6 is 0 Å². The number of hydrogen-bond acceptors (Lipinski definition) is 6. The quantitative estimate of drug-likeness (QED) is 0.160. The molecular weight excluding hydrogens is 396 g/mol. The number of aliphatic hydroxyl groups excluding tert-OH is 1. The summed E-state index contributed by atoms with van der Waals surface area (Å²) in [5.74, 6) is 4.65. The van der Waals surface area contributed by atoms with Crippen LogP contribution in [0.5, 0.6) is 0 Å². The number of hydrogen-bond donors (Lipinski definition) is 6. The molecule has 0 bridgehead atoms. The second-order valence-corrected chi connectivity index (χ2v) is 6.66. The Bertz CT molecular complexity index is 900. The molecule has 0 aliphatic rings. The first kappa shape index (κ1) is 25.8. The van der Waals surface area contributed by atoms with E-state index in [1.54, 1.807) is 24.3 Å². The summed E-state index contributed by atoms with van der Waals surface area (Å²) in [5.41, 5.74) is 9.91. The summed E-state index contributed by atoms with van der Waals surface area (Å²) in [6.07, 6.45) is -1.17. The van der Waals surface area contributed by atoms with Crippen molar-refractivity contribution in [1.29, 1.82) is 0 Å². The van der Waals surface area contributed by atoms with Crippen molar-refractivity contribution < 1.29 is 19.9 Å². The minimum atomic E-state index is -1.27. The van der Waals surface area contributed by atoms with Gasteiger partial charge in [-0.2, -0.15) is 0 Å². The van der Waals surface area contributed by atoms with E-state index in [0.717, 1.165) is 29.8 Å². The Kier molecular flexibility index (Phi) is 11.0. The maximum atomic E-state index is 12.3. The summed E-state index contributed by atoms with van der Waals surface area (Å²) in [6.45, 7) is 3.46. The van der Waals surface area contributed by atoms with Crippen LogP contribution in [0.4, 0.5) is 0 Å². The van der Waals surface area contributed by atoms with Gasteiger partial charge >= 0.3 is 0 Å². The van der Waals surface area contributed by atoms with Crippen molar-refractivity contribution in [2.45, 2.75) is 33.0 Å². The van der Waals surface area contributed by atoms with Gasteiger partial charge in [-0.25, -0.2) is 5.48 Å². The molecule has 8 heteroatoms. The topological polar surface area (TPSA) is 137 Å². The van der Waals surface area contributed by atoms with E-state index < -0.39 is 24.0 Å². The Hall–Kier alpha value is -3.22. The molecule has 0 saturated heterocycles. The molecule has 2 aromatic rings. The van der Waals surface area contributed by atoms with Crippen molar-refractivity contribution in [2.75, 3.05) is 13.1 Å².